The third-order valence-corrected chi connectivity index (χ3v) is 3.04. The van der Waals surface area contributed by atoms with Crippen molar-refractivity contribution in [2.75, 3.05) is 13.7 Å². The highest BCUT2D eigenvalue weighted by Gasteiger charge is 2.28. The zero-order valence-electron chi connectivity index (χ0n) is 12.3. The van der Waals surface area contributed by atoms with E-state index in [4.69, 9.17) is 13.6 Å². The molecule has 0 aliphatic carbocycles. The number of amides is 1. The Morgan fingerprint density at radius 2 is 2.10 bits per heavy atom. The molecule has 21 heavy (non-hydrogen) atoms. The summed E-state index contributed by atoms with van der Waals surface area (Å²) in [7, 11) is 1.55. The molecule has 2 rings (SSSR count). The number of methoxy groups -OCH3 is 1. The molecule has 2 heterocycles. The van der Waals surface area contributed by atoms with Crippen molar-refractivity contribution in [2.45, 2.75) is 26.1 Å². The summed E-state index contributed by atoms with van der Waals surface area (Å²) in [5, 5.41) is 12.9. The average molecular weight is 293 g/mol. The predicted molar refractivity (Wildman–Crippen MR) is 74.8 cm³/mol. The quantitative estimate of drug-likeness (QED) is 0.850. The molecule has 0 aliphatic heterocycles. The standard InChI is InChI=1S/C15H19NO5/c1-10-4-7-13(20-10)15(2,18)9-16-14(17)12-6-5-11(21-12)8-19-3/h4-7,18H,8-9H2,1-3H3,(H,16,17). The zero-order chi connectivity index (χ0) is 15.5. The SMILES string of the molecule is COCc1ccc(C(=O)NCC(C)(O)c2ccc(C)o2)o1. The van der Waals surface area contributed by atoms with Crippen LogP contribution in [0.1, 0.15) is 34.8 Å². The van der Waals surface area contributed by atoms with Gasteiger partial charge in [-0.3, -0.25) is 4.79 Å². The normalized spacial score (nSPS) is 13.9. The fraction of sp³-hybridized carbons (Fsp3) is 0.400. The summed E-state index contributed by atoms with van der Waals surface area (Å²) in [5.41, 5.74) is -1.29. The topological polar surface area (TPSA) is 84.8 Å². The first-order valence-electron chi connectivity index (χ1n) is 6.57. The predicted octanol–water partition coefficient (Wildman–Crippen LogP) is 1.96. The van der Waals surface area contributed by atoms with Gasteiger partial charge in [0.05, 0.1) is 6.54 Å². The van der Waals surface area contributed by atoms with Crippen LogP contribution in [0.25, 0.3) is 0 Å². The molecule has 0 saturated carbocycles. The van der Waals surface area contributed by atoms with Gasteiger partial charge in [0.2, 0.25) is 0 Å². The van der Waals surface area contributed by atoms with E-state index in [9.17, 15) is 9.90 Å². The smallest absolute Gasteiger partial charge is 0.287 e. The van der Waals surface area contributed by atoms with Gasteiger partial charge >= 0.3 is 0 Å². The van der Waals surface area contributed by atoms with Gasteiger partial charge < -0.3 is 24.0 Å². The Hall–Kier alpha value is -2.05. The molecular weight excluding hydrogens is 274 g/mol. The van der Waals surface area contributed by atoms with Crippen LogP contribution in [-0.2, 0) is 16.9 Å². The van der Waals surface area contributed by atoms with Crippen LogP contribution < -0.4 is 5.32 Å². The maximum absolute atomic E-state index is 12.0. The monoisotopic (exact) mass is 293 g/mol. The first-order valence-corrected chi connectivity index (χ1v) is 6.57. The van der Waals surface area contributed by atoms with Crippen LogP contribution in [0, 0.1) is 6.92 Å². The minimum Gasteiger partial charge on any atom is -0.463 e. The van der Waals surface area contributed by atoms with E-state index in [0.717, 1.165) is 0 Å². The number of hydrogen-bond acceptors (Lipinski definition) is 5. The Morgan fingerprint density at radius 3 is 2.71 bits per heavy atom. The second-order valence-electron chi connectivity index (χ2n) is 5.07. The van der Waals surface area contributed by atoms with Crippen molar-refractivity contribution in [3.05, 3.63) is 47.3 Å². The fourth-order valence-electron chi connectivity index (χ4n) is 1.87. The van der Waals surface area contributed by atoms with E-state index >= 15 is 0 Å². The molecule has 0 aliphatic rings. The van der Waals surface area contributed by atoms with Crippen LogP contribution >= 0.6 is 0 Å². The number of aliphatic hydroxyl groups is 1. The van der Waals surface area contributed by atoms with Crippen LogP contribution in [0.3, 0.4) is 0 Å². The Kier molecular flexibility index (Phi) is 4.50. The van der Waals surface area contributed by atoms with Crippen molar-refractivity contribution < 1.29 is 23.5 Å². The van der Waals surface area contributed by atoms with E-state index in [0.29, 0.717) is 23.9 Å². The maximum atomic E-state index is 12.0. The molecule has 1 atom stereocenters. The van der Waals surface area contributed by atoms with Gasteiger partial charge in [0.15, 0.2) is 5.76 Å². The van der Waals surface area contributed by atoms with Crippen molar-refractivity contribution in [3.8, 4) is 0 Å². The van der Waals surface area contributed by atoms with Gasteiger partial charge in [-0.1, -0.05) is 0 Å². The van der Waals surface area contributed by atoms with Gasteiger partial charge in [-0.05, 0) is 38.1 Å². The van der Waals surface area contributed by atoms with Crippen LogP contribution in [0.15, 0.2) is 33.1 Å². The number of aryl methyl sites for hydroxylation is 1. The highest BCUT2D eigenvalue weighted by molar-refractivity contribution is 5.91. The van der Waals surface area contributed by atoms with Crippen molar-refractivity contribution in [1.82, 2.24) is 5.32 Å². The highest BCUT2D eigenvalue weighted by Crippen LogP contribution is 2.22. The van der Waals surface area contributed by atoms with Crippen molar-refractivity contribution in [2.24, 2.45) is 0 Å². The number of nitrogens with one attached hydrogen (secondary N) is 1. The summed E-state index contributed by atoms with van der Waals surface area (Å²) in [4.78, 5) is 12.0. The summed E-state index contributed by atoms with van der Waals surface area (Å²) < 4.78 is 15.6. The summed E-state index contributed by atoms with van der Waals surface area (Å²) in [5.74, 6) is 1.44. The van der Waals surface area contributed by atoms with E-state index in [2.05, 4.69) is 5.32 Å². The number of ether oxygens (including phenoxy) is 1. The number of rotatable bonds is 6. The first kappa shape index (κ1) is 15.3. The van der Waals surface area contributed by atoms with Crippen molar-refractivity contribution in [3.63, 3.8) is 0 Å². The lowest BCUT2D eigenvalue weighted by atomic mass is 10.0. The number of furan rings is 2. The number of hydrogen-bond donors (Lipinski definition) is 2. The first-order chi connectivity index (χ1) is 9.92. The Morgan fingerprint density at radius 1 is 1.33 bits per heavy atom. The van der Waals surface area contributed by atoms with Crippen LogP contribution in [-0.4, -0.2) is 24.7 Å². The Labute approximate surface area is 122 Å². The molecule has 0 fully saturated rings. The summed E-state index contributed by atoms with van der Waals surface area (Å²) in [6.45, 7) is 3.68. The van der Waals surface area contributed by atoms with Gasteiger partial charge in [0.1, 0.15) is 29.5 Å². The molecule has 2 N–H and O–H groups in total. The molecule has 2 aromatic rings. The third kappa shape index (κ3) is 3.74. The minimum atomic E-state index is -1.29. The molecule has 0 saturated heterocycles. The molecule has 6 heteroatoms. The van der Waals surface area contributed by atoms with E-state index in [1.807, 2.05) is 0 Å². The van der Waals surface area contributed by atoms with E-state index in [-0.39, 0.29) is 12.3 Å². The zero-order valence-corrected chi connectivity index (χ0v) is 12.3. The van der Waals surface area contributed by atoms with E-state index in [1.54, 1.807) is 45.2 Å². The lowest BCUT2D eigenvalue weighted by Crippen LogP contribution is -2.38. The third-order valence-electron chi connectivity index (χ3n) is 3.04. The molecule has 0 aromatic carbocycles. The van der Waals surface area contributed by atoms with Crippen LogP contribution in [0.5, 0.6) is 0 Å². The summed E-state index contributed by atoms with van der Waals surface area (Å²) >= 11 is 0. The second-order valence-corrected chi connectivity index (χ2v) is 5.07. The molecule has 6 nitrogen and oxygen atoms in total. The van der Waals surface area contributed by atoms with Gasteiger partial charge in [0.25, 0.3) is 5.91 Å². The van der Waals surface area contributed by atoms with Gasteiger partial charge in [0, 0.05) is 7.11 Å². The minimum absolute atomic E-state index is 0.0130. The largest absolute Gasteiger partial charge is 0.463 e. The highest BCUT2D eigenvalue weighted by atomic mass is 16.5. The van der Waals surface area contributed by atoms with Crippen LogP contribution in [0.4, 0.5) is 0 Å². The molecular formula is C15H19NO5. The molecule has 0 spiro atoms. The molecule has 1 amide bonds. The van der Waals surface area contributed by atoms with Gasteiger partial charge in [-0.15, -0.1) is 0 Å². The number of carbonyl (C=O) groups excluding carboxylic acids is 1. The Balaban J connectivity index is 1.96. The van der Waals surface area contributed by atoms with Gasteiger partial charge in [-0.25, -0.2) is 0 Å². The molecule has 2 aromatic heterocycles. The summed E-state index contributed by atoms with van der Waals surface area (Å²) in [6, 6.07) is 6.68. The second kappa shape index (κ2) is 6.15. The van der Waals surface area contributed by atoms with Crippen molar-refractivity contribution >= 4 is 5.91 Å². The lowest BCUT2D eigenvalue weighted by Gasteiger charge is -2.20. The fourth-order valence-corrected chi connectivity index (χ4v) is 1.87. The molecule has 1 unspecified atom stereocenters. The van der Waals surface area contributed by atoms with Crippen LogP contribution in [0.2, 0.25) is 0 Å². The lowest BCUT2D eigenvalue weighted by molar-refractivity contribution is 0.0318. The Bertz CT molecular complexity index is 611. The summed E-state index contributed by atoms with van der Waals surface area (Å²) in [6.07, 6.45) is 0. The van der Waals surface area contributed by atoms with E-state index in [1.165, 1.54) is 0 Å². The maximum Gasteiger partial charge on any atom is 0.287 e. The molecule has 0 bridgehead atoms. The van der Waals surface area contributed by atoms with Gasteiger partial charge in [-0.2, -0.15) is 0 Å². The van der Waals surface area contributed by atoms with Crippen molar-refractivity contribution in [1.29, 1.82) is 0 Å². The number of carbonyl (C=O) groups is 1. The van der Waals surface area contributed by atoms with E-state index < -0.39 is 11.5 Å². The average Bonchev–Trinajstić information content (AvgIpc) is 3.06. The molecule has 0 radical (unpaired) electrons. The molecule has 114 valence electrons.